The summed E-state index contributed by atoms with van der Waals surface area (Å²) >= 11 is 0. The molecule has 0 amide bonds. The van der Waals surface area contributed by atoms with Crippen LogP contribution in [0.1, 0.15) is 12.0 Å². The van der Waals surface area contributed by atoms with Gasteiger partial charge in [-0.1, -0.05) is 36.9 Å². The van der Waals surface area contributed by atoms with Crippen LogP contribution in [0.2, 0.25) is 0 Å². The molecular weight excluding hydrogens is 192 g/mol. The number of hydrogen-bond donors (Lipinski definition) is 0. The molecule has 0 heterocycles. The van der Waals surface area contributed by atoms with Gasteiger partial charge in [0.1, 0.15) is 6.61 Å². The zero-order valence-corrected chi connectivity index (χ0v) is 8.52. The molecule has 0 fully saturated rings. The molecule has 1 aromatic carbocycles. The Morgan fingerprint density at radius 1 is 1.33 bits per heavy atom. The highest BCUT2D eigenvalue weighted by atomic mass is 16.5. The zero-order chi connectivity index (χ0) is 10.9. The van der Waals surface area contributed by atoms with Crippen molar-refractivity contribution in [1.29, 1.82) is 0 Å². The fraction of sp³-hybridized carbons (Fsp3) is 0.250. The molecule has 0 N–H and O–H groups in total. The SMILES string of the molecule is C=COCCC(=O)OCc1ccccc1. The van der Waals surface area contributed by atoms with E-state index in [4.69, 9.17) is 9.47 Å². The number of carbonyl (C=O) groups is 1. The van der Waals surface area contributed by atoms with Gasteiger partial charge in [0.05, 0.1) is 19.3 Å². The lowest BCUT2D eigenvalue weighted by Gasteiger charge is -2.04. The van der Waals surface area contributed by atoms with Crippen molar-refractivity contribution in [2.75, 3.05) is 6.61 Å². The van der Waals surface area contributed by atoms with Crippen molar-refractivity contribution in [3.8, 4) is 0 Å². The Labute approximate surface area is 89.3 Å². The minimum absolute atomic E-state index is 0.249. The van der Waals surface area contributed by atoms with Gasteiger partial charge < -0.3 is 9.47 Å². The zero-order valence-electron chi connectivity index (χ0n) is 8.52. The molecule has 3 nitrogen and oxygen atoms in total. The van der Waals surface area contributed by atoms with Gasteiger partial charge in [-0.25, -0.2) is 0 Å². The third-order valence-electron chi connectivity index (χ3n) is 1.78. The molecule has 0 bridgehead atoms. The average molecular weight is 206 g/mol. The maximum absolute atomic E-state index is 11.2. The van der Waals surface area contributed by atoms with Gasteiger partial charge in [-0.2, -0.15) is 0 Å². The summed E-state index contributed by atoms with van der Waals surface area (Å²) in [6.07, 6.45) is 1.56. The number of hydrogen-bond acceptors (Lipinski definition) is 3. The Hall–Kier alpha value is -1.77. The van der Waals surface area contributed by atoms with E-state index in [-0.39, 0.29) is 12.4 Å². The second-order valence-electron chi connectivity index (χ2n) is 2.93. The molecule has 0 radical (unpaired) electrons. The largest absolute Gasteiger partial charge is 0.501 e. The van der Waals surface area contributed by atoms with Crippen LogP contribution in [-0.4, -0.2) is 12.6 Å². The van der Waals surface area contributed by atoms with Crippen molar-refractivity contribution in [3.05, 3.63) is 48.7 Å². The Kier molecular flexibility index (Phi) is 5.01. The van der Waals surface area contributed by atoms with E-state index in [9.17, 15) is 4.79 Å². The van der Waals surface area contributed by atoms with Crippen molar-refractivity contribution < 1.29 is 14.3 Å². The molecule has 0 saturated heterocycles. The molecule has 15 heavy (non-hydrogen) atoms. The van der Waals surface area contributed by atoms with E-state index in [1.807, 2.05) is 30.3 Å². The van der Waals surface area contributed by atoms with Crippen molar-refractivity contribution >= 4 is 5.97 Å². The quantitative estimate of drug-likeness (QED) is 0.407. The number of benzene rings is 1. The summed E-state index contributed by atoms with van der Waals surface area (Å²) in [6, 6.07) is 9.55. The van der Waals surface area contributed by atoms with Crippen LogP contribution in [0.3, 0.4) is 0 Å². The van der Waals surface area contributed by atoms with Crippen LogP contribution in [0.15, 0.2) is 43.2 Å². The molecule has 0 aliphatic rings. The number of rotatable bonds is 6. The third-order valence-corrected chi connectivity index (χ3v) is 1.78. The smallest absolute Gasteiger partial charge is 0.309 e. The van der Waals surface area contributed by atoms with Crippen LogP contribution < -0.4 is 0 Å². The summed E-state index contributed by atoms with van der Waals surface area (Å²) in [5, 5.41) is 0. The first-order valence-electron chi connectivity index (χ1n) is 4.75. The molecule has 0 spiro atoms. The van der Waals surface area contributed by atoms with E-state index in [1.165, 1.54) is 6.26 Å². The molecule has 0 aliphatic heterocycles. The fourth-order valence-corrected chi connectivity index (χ4v) is 1.04. The van der Waals surface area contributed by atoms with Crippen LogP contribution in [0, 0.1) is 0 Å². The lowest BCUT2D eigenvalue weighted by Crippen LogP contribution is -2.07. The second kappa shape index (κ2) is 6.65. The first-order chi connectivity index (χ1) is 7.33. The van der Waals surface area contributed by atoms with Gasteiger partial charge in [0, 0.05) is 0 Å². The minimum atomic E-state index is -0.263. The molecular formula is C12H14O3. The van der Waals surface area contributed by atoms with Crippen LogP contribution in [-0.2, 0) is 20.9 Å². The Bertz CT molecular complexity index is 306. The maximum atomic E-state index is 11.2. The van der Waals surface area contributed by atoms with Crippen LogP contribution in [0.4, 0.5) is 0 Å². The molecule has 0 atom stereocenters. The Morgan fingerprint density at radius 3 is 2.73 bits per heavy atom. The highest BCUT2D eigenvalue weighted by Gasteiger charge is 2.02. The van der Waals surface area contributed by atoms with Gasteiger partial charge in [-0.3, -0.25) is 4.79 Å². The van der Waals surface area contributed by atoms with E-state index in [2.05, 4.69) is 6.58 Å². The predicted molar refractivity (Wildman–Crippen MR) is 57.0 cm³/mol. The summed E-state index contributed by atoms with van der Waals surface area (Å²) in [5.41, 5.74) is 0.982. The van der Waals surface area contributed by atoms with Gasteiger partial charge in [0.2, 0.25) is 0 Å². The Balaban J connectivity index is 2.20. The molecule has 1 aromatic rings. The molecule has 0 aliphatic carbocycles. The van der Waals surface area contributed by atoms with Crippen molar-refractivity contribution in [3.63, 3.8) is 0 Å². The van der Waals surface area contributed by atoms with Crippen LogP contribution in [0.25, 0.3) is 0 Å². The maximum Gasteiger partial charge on any atom is 0.309 e. The highest BCUT2D eigenvalue weighted by Crippen LogP contribution is 2.01. The summed E-state index contributed by atoms with van der Waals surface area (Å²) in [5.74, 6) is -0.263. The highest BCUT2D eigenvalue weighted by molar-refractivity contribution is 5.69. The molecule has 0 unspecified atom stereocenters. The third kappa shape index (κ3) is 4.86. The lowest BCUT2D eigenvalue weighted by molar-refractivity contribution is -0.145. The predicted octanol–water partition coefficient (Wildman–Crippen LogP) is 2.28. The van der Waals surface area contributed by atoms with Crippen molar-refractivity contribution in [2.24, 2.45) is 0 Å². The Morgan fingerprint density at radius 2 is 2.07 bits per heavy atom. The van der Waals surface area contributed by atoms with E-state index in [1.54, 1.807) is 0 Å². The lowest BCUT2D eigenvalue weighted by atomic mass is 10.2. The molecule has 0 saturated carbocycles. The molecule has 1 rings (SSSR count). The number of carbonyl (C=O) groups excluding carboxylic acids is 1. The summed E-state index contributed by atoms with van der Waals surface area (Å²) in [7, 11) is 0. The monoisotopic (exact) mass is 206 g/mol. The molecule has 80 valence electrons. The van der Waals surface area contributed by atoms with E-state index < -0.39 is 0 Å². The first kappa shape index (κ1) is 11.3. The second-order valence-corrected chi connectivity index (χ2v) is 2.93. The van der Waals surface area contributed by atoms with Gasteiger partial charge in [0.25, 0.3) is 0 Å². The van der Waals surface area contributed by atoms with Crippen molar-refractivity contribution in [1.82, 2.24) is 0 Å². The van der Waals surface area contributed by atoms with Crippen LogP contribution in [0.5, 0.6) is 0 Å². The normalized spacial score (nSPS) is 9.33. The number of esters is 1. The van der Waals surface area contributed by atoms with Gasteiger partial charge in [-0.05, 0) is 5.56 Å². The van der Waals surface area contributed by atoms with Crippen LogP contribution >= 0.6 is 0 Å². The van der Waals surface area contributed by atoms with E-state index in [0.717, 1.165) is 5.56 Å². The first-order valence-corrected chi connectivity index (χ1v) is 4.75. The summed E-state index contributed by atoms with van der Waals surface area (Å²) in [6.45, 7) is 4.01. The fourth-order valence-electron chi connectivity index (χ4n) is 1.04. The van der Waals surface area contributed by atoms with E-state index in [0.29, 0.717) is 13.2 Å². The summed E-state index contributed by atoms with van der Waals surface area (Å²) in [4.78, 5) is 11.2. The standard InChI is InChI=1S/C12H14O3/c1-2-14-9-8-12(13)15-10-11-6-4-3-5-7-11/h2-7H,1,8-10H2. The molecule has 0 aromatic heterocycles. The summed E-state index contributed by atoms with van der Waals surface area (Å²) < 4.78 is 9.84. The van der Waals surface area contributed by atoms with E-state index >= 15 is 0 Å². The number of ether oxygens (including phenoxy) is 2. The molecule has 3 heteroatoms. The van der Waals surface area contributed by atoms with Gasteiger partial charge >= 0.3 is 5.97 Å². The minimum Gasteiger partial charge on any atom is -0.501 e. The average Bonchev–Trinajstić information content (AvgIpc) is 2.28. The van der Waals surface area contributed by atoms with Gasteiger partial charge in [0.15, 0.2) is 0 Å². The van der Waals surface area contributed by atoms with Gasteiger partial charge in [-0.15, -0.1) is 0 Å². The topological polar surface area (TPSA) is 35.5 Å². The van der Waals surface area contributed by atoms with Crippen molar-refractivity contribution in [2.45, 2.75) is 13.0 Å².